The molecule has 1 saturated heterocycles. The summed E-state index contributed by atoms with van der Waals surface area (Å²) in [6, 6.07) is 10.2. The van der Waals surface area contributed by atoms with E-state index in [9.17, 15) is 9.59 Å². The fourth-order valence-electron chi connectivity index (χ4n) is 2.59. The van der Waals surface area contributed by atoms with Crippen molar-refractivity contribution < 1.29 is 14.3 Å². The molecular weight excluding hydrogens is 441 g/mol. The van der Waals surface area contributed by atoms with E-state index in [1.54, 1.807) is 56.3 Å². The third kappa shape index (κ3) is 4.66. The second-order valence-electron chi connectivity index (χ2n) is 6.36. The third-order valence-electron chi connectivity index (χ3n) is 3.99. The van der Waals surface area contributed by atoms with E-state index in [-0.39, 0.29) is 23.8 Å². The van der Waals surface area contributed by atoms with Gasteiger partial charge in [0, 0.05) is 21.7 Å². The van der Waals surface area contributed by atoms with E-state index in [1.165, 1.54) is 4.90 Å². The molecule has 1 heterocycles. The van der Waals surface area contributed by atoms with Gasteiger partial charge in [-0.3, -0.25) is 14.5 Å². The smallest absolute Gasteiger partial charge is 0.293 e. The number of ether oxygens (including phenoxy) is 1. The predicted molar refractivity (Wildman–Crippen MR) is 115 cm³/mol. The summed E-state index contributed by atoms with van der Waals surface area (Å²) < 4.78 is 5.74. The Hall–Kier alpha value is -1.66. The summed E-state index contributed by atoms with van der Waals surface area (Å²) in [5.74, 6) is 0.193. The van der Waals surface area contributed by atoms with E-state index < -0.39 is 0 Å². The number of halogens is 3. The van der Waals surface area contributed by atoms with Gasteiger partial charge in [0.1, 0.15) is 12.4 Å². The van der Waals surface area contributed by atoms with Crippen LogP contribution in [0.15, 0.2) is 41.3 Å². The Morgan fingerprint density at radius 3 is 2.43 bits per heavy atom. The van der Waals surface area contributed by atoms with Crippen molar-refractivity contribution in [1.29, 1.82) is 0 Å². The number of imide groups is 1. The minimum Gasteiger partial charge on any atom is -0.487 e. The lowest BCUT2D eigenvalue weighted by Gasteiger charge is -2.16. The largest absolute Gasteiger partial charge is 0.487 e. The average Bonchev–Trinajstić information content (AvgIpc) is 2.89. The van der Waals surface area contributed by atoms with Crippen LogP contribution < -0.4 is 4.74 Å². The fourth-order valence-corrected chi connectivity index (χ4v) is 4.26. The monoisotopic (exact) mass is 455 g/mol. The number of hydrogen-bond acceptors (Lipinski definition) is 4. The molecule has 0 unspecified atom stereocenters. The predicted octanol–water partition coefficient (Wildman–Crippen LogP) is 6.67. The number of benzene rings is 2. The Morgan fingerprint density at radius 1 is 1.07 bits per heavy atom. The molecule has 8 heteroatoms. The number of nitrogens with zero attached hydrogens (tertiary/aromatic N) is 1. The van der Waals surface area contributed by atoms with Gasteiger partial charge in [-0.25, -0.2) is 0 Å². The van der Waals surface area contributed by atoms with Gasteiger partial charge >= 0.3 is 0 Å². The van der Waals surface area contributed by atoms with Crippen LogP contribution in [0.5, 0.6) is 5.75 Å². The van der Waals surface area contributed by atoms with Gasteiger partial charge in [-0.1, -0.05) is 46.9 Å². The molecule has 1 fully saturated rings. The van der Waals surface area contributed by atoms with E-state index in [0.29, 0.717) is 31.3 Å². The van der Waals surface area contributed by atoms with Crippen molar-refractivity contribution in [3.05, 3.63) is 67.5 Å². The maximum atomic E-state index is 12.4. The summed E-state index contributed by atoms with van der Waals surface area (Å²) in [6.07, 6.45) is 1.65. The van der Waals surface area contributed by atoms with Crippen LogP contribution in [0.3, 0.4) is 0 Å². The first-order chi connectivity index (χ1) is 13.3. The molecule has 1 aliphatic heterocycles. The topological polar surface area (TPSA) is 46.6 Å². The Morgan fingerprint density at radius 2 is 1.82 bits per heavy atom. The molecule has 146 valence electrons. The van der Waals surface area contributed by atoms with E-state index >= 15 is 0 Å². The summed E-state index contributed by atoms with van der Waals surface area (Å²) in [7, 11) is 0. The van der Waals surface area contributed by atoms with Crippen LogP contribution in [-0.4, -0.2) is 22.1 Å². The van der Waals surface area contributed by atoms with Gasteiger partial charge < -0.3 is 4.74 Å². The first kappa shape index (κ1) is 21.1. The maximum absolute atomic E-state index is 12.4. The Kier molecular flexibility index (Phi) is 6.61. The van der Waals surface area contributed by atoms with Gasteiger partial charge in [0.2, 0.25) is 0 Å². The molecule has 0 N–H and O–H groups in total. The number of rotatable bonds is 5. The third-order valence-corrected chi connectivity index (χ3v) is 5.76. The van der Waals surface area contributed by atoms with Gasteiger partial charge in [0.15, 0.2) is 0 Å². The van der Waals surface area contributed by atoms with Gasteiger partial charge in [-0.05, 0) is 61.5 Å². The maximum Gasteiger partial charge on any atom is 0.293 e. The number of hydrogen-bond donors (Lipinski definition) is 0. The first-order valence-corrected chi connectivity index (χ1v) is 10.3. The summed E-state index contributed by atoms with van der Waals surface area (Å²) >= 11 is 19.3. The highest BCUT2D eigenvalue weighted by atomic mass is 35.5. The van der Waals surface area contributed by atoms with Crippen molar-refractivity contribution in [2.75, 3.05) is 0 Å². The molecule has 4 nitrogen and oxygen atoms in total. The second-order valence-corrected chi connectivity index (χ2v) is 8.60. The highest BCUT2D eigenvalue weighted by Crippen LogP contribution is 2.35. The standard InChI is InChI=1S/C20H16Cl3NO3S/c1-11(2)24-19(25)18(28-20(24)26)8-12-3-6-17(16(23)7-12)27-10-13-4-5-14(21)9-15(13)22/h3-9,11H,10H2,1-2H3/b18-8-. The molecule has 2 amide bonds. The van der Waals surface area contributed by atoms with Crippen LogP contribution in [0.1, 0.15) is 25.0 Å². The van der Waals surface area contributed by atoms with Crippen molar-refractivity contribution in [3.63, 3.8) is 0 Å². The van der Waals surface area contributed by atoms with Gasteiger partial charge in [-0.15, -0.1) is 0 Å². The molecule has 2 aromatic rings. The summed E-state index contributed by atoms with van der Waals surface area (Å²) in [4.78, 5) is 26.0. The van der Waals surface area contributed by atoms with Gasteiger partial charge in [0.25, 0.3) is 11.1 Å². The molecule has 1 aliphatic rings. The van der Waals surface area contributed by atoms with Crippen LogP contribution in [0.4, 0.5) is 4.79 Å². The Labute approximate surface area is 182 Å². The molecule has 2 aromatic carbocycles. The van der Waals surface area contributed by atoms with Gasteiger partial charge in [-0.2, -0.15) is 0 Å². The molecule has 0 aliphatic carbocycles. The zero-order valence-corrected chi connectivity index (χ0v) is 18.1. The molecule has 3 rings (SSSR count). The van der Waals surface area contributed by atoms with E-state index in [2.05, 4.69) is 0 Å². The minimum absolute atomic E-state index is 0.183. The second kappa shape index (κ2) is 8.78. The van der Waals surface area contributed by atoms with Gasteiger partial charge in [0.05, 0.1) is 9.93 Å². The molecular formula is C20H16Cl3NO3S. The quantitative estimate of drug-likeness (QED) is 0.471. The minimum atomic E-state index is -0.293. The molecule has 0 radical (unpaired) electrons. The normalized spacial score (nSPS) is 15.8. The van der Waals surface area contributed by atoms with E-state index in [1.807, 2.05) is 0 Å². The lowest BCUT2D eigenvalue weighted by Crippen LogP contribution is -2.34. The number of carbonyl (C=O) groups excluding carboxylic acids is 2. The highest BCUT2D eigenvalue weighted by Gasteiger charge is 2.36. The van der Waals surface area contributed by atoms with Crippen molar-refractivity contribution in [3.8, 4) is 5.75 Å². The van der Waals surface area contributed by atoms with Crippen LogP contribution in [0.2, 0.25) is 15.1 Å². The first-order valence-electron chi connectivity index (χ1n) is 8.39. The average molecular weight is 457 g/mol. The van der Waals surface area contributed by atoms with Crippen molar-refractivity contribution in [2.45, 2.75) is 26.5 Å². The molecule has 0 spiro atoms. The number of amides is 2. The van der Waals surface area contributed by atoms with Crippen LogP contribution in [-0.2, 0) is 11.4 Å². The SMILES string of the molecule is CC(C)N1C(=O)S/C(=C\c2ccc(OCc3ccc(Cl)cc3Cl)c(Cl)c2)C1=O. The number of thioether (sulfide) groups is 1. The Balaban J connectivity index is 1.74. The Bertz CT molecular complexity index is 975. The summed E-state index contributed by atoms with van der Waals surface area (Å²) in [5, 5.41) is 1.19. The lowest BCUT2D eigenvalue weighted by atomic mass is 10.2. The zero-order valence-electron chi connectivity index (χ0n) is 15.0. The summed E-state index contributed by atoms with van der Waals surface area (Å²) in [5.41, 5.74) is 1.49. The molecule has 0 aromatic heterocycles. The number of carbonyl (C=O) groups is 2. The van der Waals surface area contributed by atoms with Crippen LogP contribution in [0.25, 0.3) is 6.08 Å². The molecule has 28 heavy (non-hydrogen) atoms. The van der Waals surface area contributed by atoms with E-state index in [0.717, 1.165) is 17.3 Å². The summed E-state index contributed by atoms with van der Waals surface area (Å²) in [6.45, 7) is 3.84. The van der Waals surface area contributed by atoms with Crippen molar-refractivity contribution >= 4 is 63.8 Å². The zero-order chi connectivity index (χ0) is 20.4. The molecule has 0 bridgehead atoms. The van der Waals surface area contributed by atoms with Crippen molar-refractivity contribution in [1.82, 2.24) is 4.90 Å². The lowest BCUT2D eigenvalue weighted by molar-refractivity contribution is -0.123. The molecule has 0 saturated carbocycles. The fraction of sp³-hybridized carbons (Fsp3) is 0.200. The molecule has 0 atom stereocenters. The van der Waals surface area contributed by atoms with Crippen LogP contribution >= 0.6 is 46.6 Å². The van der Waals surface area contributed by atoms with Crippen LogP contribution in [0, 0.1) is 0 Å². The van der Waals surface area contributed by atoms with E-state index in [4.69, 9.17) is 39.5 Å². The van der Waals surface area contributed by atoms with Crippen molar-refractivity contribution in [2.24, 2.45) is 0 Å². The highest BCUT2D eigenvalue weighted by molar-refractivity contribution is 8.18.